The lowest BCUT2D eigenvalue weighted by Crippen LogP contribution is -2.49. The van der Waals surface area contributed by atoms with Crippen LogP contribution in [0.2, 0.25) is 0 Å². The third-order valence-corrected chi connectivity index (χ3v) is 5.13. The van der Waals surface area contributed by atoms with Crippen molar-refractivity contribution >= 4 is 11.6 Å². The zero-order valence-electron chi connectivity index (χ0n) is 17.3. The van der Waals surface area contributed by atoms with Crippen molar-refractivity contribution < 1.29 is 4.39 Å². The predicted octanol–water partition coefficient (Wildman–Crippen LogP) is 3.08. The fraction of sp³-hybridized carbons (Fsp3) is 0.667. The number of hydrogen-bond acceptors (Lipinski definition) is 3. The molecule has 0 saturated carbocycles. The topological polar surface area (TPSA) is 42.9 Å². The summed E-state index contributed by atoms with van der Waals surface area (Å²) in [5, 5.41) is 6.93. The van der Waals surface area contributed by atoms with Gasteiger partial charge in [-0.15, -0.1) is 0 Å². The first-order chi connectivity index (χ1) is 13.0. The molecule has 2 rings (SSSR count). The van der Waals surface area contributed by atoms with E-state index in [2.05, 4.69) is 36.3 Å². The smallest absolute Gasteiger partial charge is 0.191 e. The first kappa shape index (κ1) is 21.5. The molecule has 1 heterocycles. The van der Waals surface area contributed by atoms with E-state index in [0.29, 0.717) is 17.8 Å². The summed E-state index contributed by atoms with van der Waals surface area (Å²) in [6, 6.07) is 8.01. The highest BCUT2D eigenvalue weighted by Gasteiger charge is 2.21. The Labute approximate surface area is 164 Å². The van der Waals surface area contributed by atoms with Gasteiger partial charge in [0.15, 0.2) is 5.96 Å². The molecular weight excluding hydrogens is 341 g/mol. The summed E-state index contributed by atoms with van der Waals surface area (Å²) < 4.78 is 13.8. The molecule has 1 aromatic rings. The van der Waals surface area contributed by atoms with Crippen molar-refractivity contribution in [3.63, 3.8) is 0 Å². The van der Waals surface area contributed by atoms with Crippen molar-refractivity contribution in [3.05, 3.63) is 30.1 Å². The van der Waals surface area contributed by atoms with Gasteiger partial charge in [-0.05, 0) is 52.2 Å². The van der Waals surface area contributed by atoms with Crippen LogP contribution in [0.4, 0.5) is 10.1 Å². The van der Waals surface area contributed by atoms with Gasteiger partial charge in [0.2, 0.25) is 0 Å². The number of piperidine rings is 1. The molecule has 1 saturated heterocycles. The van der Waals surface area contributed by atoms with Crippen molar-refractivity contribution in [1.29, 1.82) is 0 Å². The molecule has 5 nitrogen and oxygen atoms in total. The monoisotopic (exact) mass is 377 g/mol. The molecule has 0 radical (unpaired) electrons. The van der Waals surface area contributed by atoms with Crippen LogP contribution in [-0.2, 0) is 0 Å². The van der Waals surface area contributed by atoms with Crippen molar-refractivity contribution in [2.75, 3.05) is 44.7 Å². The van der Waals surface area contributed by atoms with E-state index in [9.17, 15) is 4.39 Å². The summed E-state index contributed by atoms with van der Waals surface area (Å²) in [5.74, 6) is 0.722. The number of aliphatic imine (C=N–C) groups is 1. The number of benzene rings is 1. The van der Waals surface area contributed by atoms with Crippen molar-refractivity contribution in [3.8, 4) is 0 Å². The number of para-hydroxylation sites is 1. The summed E-state index contributed by atoms with van der Waals surface area (Å²) in [5.41, 5.74) is 0.642. The molecule has 2 N–H and O–H groups in total. The number of halogens is 1. The van der Waals surface area contributed by atoms with E-state index in [1.807, 2.05) is 24.1 Å². The van der Waals surface area contributed by atoms with Gasteiger partial charge in [-0.1, -0.05) is 12.1 Å². The Bertz CT molecular complexity index is 582. The second kappa shape index (κ2) is 11.1. The fourth-order valence-electron chi connectivity index (χ4n) is 3.45. The van der Waals surface area contributed by atoms with Gasteiger partial charge in [-0.25, -0.2) is 4.39 Å². The summed E-state index contributed by atoms with van der Waals surface area (Å²) in [6.07, 6.45) is 3.18. The molecule has 0 unspecified atom stereocenters. The van der Waals surface area contributed by atoms with Crippen molar-refractivity contribution in [2.45, 2.75) is 52.1 Å². The minimum absolute atomic E-state index is 0.175. The van der Waals surface area contributed by atoms with Crippen LogP contribution in [0.5, 0.6) is 0 Å². The number of guanidine groups is 1. The van der Waals surface area contributed by atoms with Gasteiger partial charge >= 0.3 is 0 Å². The van der Waals surface area contributed by atoms with Gasteiger partial charge in [-0.3, -0.25) is 4.99 Å². The van der Waals surface area contributed by atoms with Crippen LogP contribution >= 0.6 is 0 Å². The van der Waals surface area contributed by atoms with Gasteiger partial charge in [0.25, 0.3) is 0 Å². The molecule has 0 aliphatic carbocycles. The molecule has 1 aliphatic heterocycles. The Hall–Kier alpha value is -1.82. The molecule has 0 spiro atoms. The molecule has 27 heavy (non-hydrogen) atoms. The maximum absolute atomic E-state index is 13.8. The standard InChI is InChI=1S/C21H36FN5/c1-5-23-21(25-18-11-15-27(16-12-18)17(2)3)24-13-8-14-26(4)20-10-7-6-9-19(20)22/h6-7,9-10,17-18H,5,8,11-16H2,1-4H3,(H2,23,24,25). The average Bonchev–Trinajstić information content (AvgIpc) is 2.66. The highest BCUT2D eigenvalue weighted by molar-refractivity contribution is 5.80. The van der Waals surface area contributed by atoms with Crippen LogP contribution in [0, 0.1) is 5.82 Å². The summed E-state index contributed by atoms with van der Waals surface area (Å²) >= 11 is 0. The Morgan fingerprint density at radius 3 is 2.63 bits per heavy atom. The molecule has 0 atom stereocenters. The van der Waals surface area contributed by atoms with E-state index in [0.717, 1.165) is 57.9 Å². The molecule has 6 heteroatoms. The second-order valence-electron chi connectivity index (χ2n) is 7.54. The summed E-state index contributed by atoms with van der Waals surface area (Å²) in [7, 11) is 1.92. The van der Waals surface area contributed by atoms with Crippen LogP contribution in [0.15, 0.2) is 29.3 Å². The highest BCUT2D eigenvalue weighted by Crippen LogP contribution is 2.17. The number of nitrogens with one attached hydrogen (secondary N) is 2. The van der Waals surface area contributed by atoms with Crippen LogP contribution in [0.3, 0.4) is 0 Å². The number of nitrogens with zero attached hydrogens (tertiary/aromatic N) is 3. The number of likely N-dealkylation sites (tertiary alicyclic amines) is 1. The summed E-state index contributed by atoms with van der Waals surface area (Å²) in [6.45, 7) is 11.2. The maximum Gasteiger partial charge on any atom is 0.191 e. The van der Waals surface area contributed by atoms with Gasteiger partial charge in [-0.2, -0.15) is 0 Å². The number of hydrogen-bond donors (Lipinski definition) is 2. The Morgan fingerprint density at radius 1 is 1.30 bits per heavy atom. The van der Waals surface area contributed by atoms with E-state index in [-0.39, 0.29) is 5.82 Å². The first-order valence-corrected chi connectivity index (χ1v) is 10.3. The molecule has 0 aromatic heterocycles. The molecule has 1 aromatic carbocycles. The van der Waals surface area contributed by atoms with Crippen LogP contribution in [0.1, 0.15) is 40.0 Å². The normalized spacial score (nSPS) is 16.6. The molecular formula is C21H36FN5. The molecule has 0 bridgehead atoms. The minimum atomic E-state index is -0.175. The number of anilines is 1. The quantitative estimate of drug-likeness (QED) is 0.415. The van der Waals surface area contributed by atoms with Gasteiger partial charge in [0, 0.05) is 51.9 Å². The van der Waals surface area contributed by atoms with Gasteiger partial charge in [0.1, 0.15) is 5.82 Å². The first-order valence-electron chi connectivity index (χ1n) is 10.3. The molecule has 1 fully saturated rings. The zero-order valence-corrected chi connectivity index (χ0v) is 17.3. The highest BCUT2D eigenvalue weighted by atomic mass is 19.1. The van der Waals surface area contributed by atoms with E-state index in [1.54, 1.807) is 6.07 Å². The Balaban J connectivity index is 1.77. The maximum atomic E-state index is 13.8. The molecule has 0 amide bonds. The average molecular weight is 378 g/mol. The lowest BCUT2D eigenvalue weighted by Gasteiger charge is -2.35. The fourth-order valence-corrected chi connectivity index (χ4v) is 3.45. The van der Waals surface area contributed by atoms with Crippen LogP contribution in [-0.4, -0.2) is 62.7 Å². The Kier molecular flexibility index (Phi) is 8.85. The van der Waals surface area contributed by atoms with E-state index in [1.165, 1.54) is 6.07 Å². The van der Waals surface area contributed by atoms with Crippen LogP contribution in [0.25, 0.3) is 0 Å². The molecule has 1 aliphatic rings. The Morgan fingerprint density at radius 2 is 2.00 bits per heavy atom. The van der Waals surface area contributed by atoms with Crippen molar-refractivity contribution in [2.24, 2.45) is 4.99 Å². The zero-order chi connectivity index (χ0) is 19.6. The van der Waals surface area contributed by atoms with E-state index in [4.69, 9.17) is 4.99 Å². The third kappa shape index (κ3) is 7.01. The molecule has 152 valence electrons. The predicted molar refractivity (Wildman–Crippen MR) is 113 cm³/mol. The van der Waals surface area contributed by atoms with E-state index < -0.39 is 0 Å². The lowest BCUT2D eigenvalue weighted by atomic mass is 10.0. The SMILES string of the molecule is CCNC(=NCCCN(C)c1ccccc1F)NC1CCN(C(C)C)CC1. The third-order valence-electron chi connectivity index (χ3n) is 5.13. The minimum Gasteiger partial charge on any atom is -0.372 e. The van der Waals surface area contributed by atoms with Gasteiger partial charge in [0.05, 0.1) is 5.69 Å². The van der Waals surface area contributed by atoms with Crippen LogP contribution < -0.4 is 15.5 Å². The second-order valence-corrected chi connectivity index (χ2v) is 7.54. The van der Waals surface area contributed by atoms with E-state index >= 15 is 0 Å². The number of rotatable bonds is 8. The summed E-state index contributed by atoms with van der Waals surface area (Å²) in [4.78, 5) is 9.19. The lowest BCUT2D eigenvalue weighted by molar-refractivity contribution is 0.167. The van der Waals surface area contributed by atoms with Gasteiger partial charge < -0.3 is 20.4 Å². The van der Waals surface area contributed by atoms with Crippen molar-refractivity contribution in [1.82, 2.24) is 15.5 Å². The largest absolute Gasteiger partial charge is 0.372 e.